The summed E-state index contributed by atoms with van der Waals surface area (Å²) in [5.74, 6) is -0.536. The zero-order valence-electron chi connectivity index (χ0n) is 9.88. The monoisotopic (exact) mass is 204 g/mol. The van der Waals surface area contributed by atoms with Crippen LogP contribution in [-0.4, -0.2) is 30.2 Å². The molecule has 0 bridgehead atoms. The summed E-state index contributed by atoms with van der Waals surface area (Å²) in [6.07, 6.45) is 2.53. The second-order valence-electron chi connectivity index (χ2n) is 3.85. The minimum absolute atomic E-state index is 0.330. The summed E-state index contributed by atoms with van der Waals surface area (Å²) >= 11 is 0. The number of rotatable bonds is 8. The molecule has 0 radical (unpaired) electrons. The van der Waals surface area contributed by atoms with Gasteiger partial charge in [0.2, 0.25) is 0 Å². The van der Waals surface area contributed by atoms with Crippen molar-refractivity contribution in [1.29, 1.82) is 0 Å². The van der Waals surface area contributed by atoms with Crippen LogP contribution in [0.5, 0.6) is 0 Å². The van der Waals surface area contributed by atoms with Gasteiger partial charge in [0.1, 0.15) is 0 Å². The van der Waals surface area contributed by atoms with E-state index in [1.54, 1.807) is 6.92 Å². The third-order valence-electron chi connectivity index (χ3n) is 2.18. The molecule has 0 spiro atoms. The third-order valence-corrected chi connectivity index (χ3v) is 2.18. The van der Waals surface area contributed by atoms with Gasteiger partial charge < -0.3 is 14.6 Å². The van der Waals surface area contributed by atoms with Crippen LogP contribution in [-0.2, 0) is 9.47 Å². The fourth-order valence-corrected chi connectivity index (χ4v) is 0.975. The smallest absolute Gasteiger partial charge is 0.165 e. The molecule has 0 saturated carbocycles. The molecule has 14 heavy (non-hydrogen) atoms. The standard InChI is InChI=1S/C11H24O3/c1-5-7-8-13-11(4,6-2)14-9-10(3)12/h10,12H,5-9H2,1-4H3. The summed E-state index contributed by atoms with van der Waals surface area (Å²) in [7, 11) is 0. The number of hydrogen-bond acceptors (Lipinski definition) is 3. The van der Waals surface area contributed by atoms with Crippen molar-refractivity contribution in [2.75, 3.05) is 13.2 Å². The molecule has 0 rings (SSSR count). The van der Waals surface area contributed by atoms with Crippen molar-refractivity contribution < 1.29 is 14.6 Å². The lowest BCUT2D eigenvalue weighted by Gasteiger charge is -2.29. The minimum Gasteiger partial charge on any atom is -0.391 e. The molecule has 0 aliphatic carbocycles. The molecular weight excluding hydrogens is 180 g/mol. The van der Waals surface area contributed by atoms with Gasteiger partial charge in [0, 0.05) is 6.61 Å². The predicted molar refractivity (Wildman–Crippen MR) is 57.2 cm³/mol. The summed E-state index contributed by atoms with van der Waals surface area (Å²) in [5, 5.41) is 9.10. The van der Waals surface area contributed by atoms with Crippen LogP contribution in [0.1, 0.15) is 47.0 Å². The van der Waals surface area contributed by atoms with Crippen LogP contribution in [0.15, 0.2) is 0 Å². The second-order valence-corrected chi connectivity index (χ2v) is 3.85. The lowest BCUT2D eigenvalue weighted by molar-refractivity contribution is -0.236. The average molecular weight is 204 g/mol. The second kappa shape index (κ2) is 7.21. The molecule has 0 aromatic heterocycles. The van der Waals surface area contributed by atoms with Crippen molar-refractivity contribution in [3.8, 4) is 0 Å². The van der Waals surface area contributed by atoms with E-state index in [0.717, 1.165) is 25.9 Å². The average Bonchev–Trinajstić information content (AvgIpc) is 2.15. The summed E-state index contributed by atoms with van der Waals surface area (Å²) in [6, 6.07) is 0. The molecule has 2 atom stereocenters. The van der Waals surface area contributed by atoms with Gasteiger partial charge in [-0.05, 0) is 26.7 Å². The van der Waals surface area contributed by atoms with Crippen LogP contribution in [0, 0.1) is 0 Å². The Balaban J connectivity index is 3.79. The van der Waals surface area contributed by atoms with Crippen molar-refractivity contribution >= 4 is 0 Å². The topological polar surface area (TPSA) is 38.7 Å². The quantitative estimate of drug-likeness (QED) is 0.487. The van der Waals surface area contributed by atoms with E-state index in [1.165, 1.54) is 0 Å². The molecule has 0 aliphatic heterocycles. The minimum atomic E-state index is -0.536. The SMILES string of the molecule is CCCCOC(C)(CC)OCC(C)O. The van der Waals surface area contributed by atoms with Gasteiger partial charge in [0.05, 0.1) is 12.7 Å². The van der Waals surface area contributed by atoms with Crippen molar-refractivity contribution in [2.45, 2.75) is 58.8 Å². The van der Waals surface area contributed by atoms with E-state index in [-0.39, 0.29) is 0 Å². The molecule has 1 N–H and O–H groups in total. The highest BCUT2D eigenvalue weighted by Crippen LogP contribution is 2.17. The van der Waals surface area contributed by atoms with E-state index in [0.29, 0.717) is 6.61 Å². The largest absolute Gasteiger partial charge is 0.391 e. The third kappa shape index (κ3) is 6.35. The Labute approximate surface area is 87.4 Å². The van der Waals surface area contributed by atoms with Gasteiger partial charge in [-0.15, -0.1) is 0 Å². The molecule has 3 nitrogen and oxygen atoms in total. The zero-order chi connectivity index (χ0) is 11.0. The normalized spacial score (nSPS) is 17.8. The van der Waals surface area contributed by atoms with Crippen molar-refractivity contribution in [1.82, 2.24) is 0 Å². The number of aliphatic hydroxyl groups excluding tert-OH is 1. The van der Waals surface area contributed by atoms with Gasteiger partial charge in [-0.2, -0.15) is 0 Å². The summed E-state index contributed by atoms with van der Waals surface area (Å²) in [4.78, 5) is 0. The highest BCUT2D eigenvalue weighted by molar-refractivity contribution is 4.61. The summed E-state index contributed by atoms with van der Waals surface area (Å²) in [5.41, 5.74) is 0. The number of ether oxygens (including phenoxy) is 2. The molecule has 0 aromatic rings. The number of unbranched alkanes of at least 4 members (excludes halogenated alkanes) is 1. The molecule has 3 heteroatoms. The first-order valence-corrected chi connectivity index (χ1v) is 5.50. The lowest BCUT2D eigenvalue weighted by Crippen LogP contribution is -2.34. The van der Waals surface area contributed by atoms with Crippen LogP contribution in [0.4, 0.5) is 0 Å². The highest BCUT2D eigenvalue weighted by Gasteiger charge is 2.23. The summed E-state index contributed by atoms with van der Waals surface area (Å²) in [6.45, 7) is 8.83. The van der Waals surface area contributed by atoms with Gasteiger partial charge in [-0.25, -0.2) is 0 Å². The van der Waals surface area contributed by atoms with Gasteiger partial charge in [0.15, 0.2) is 5.79 Å². The van der Waals surface area contributed by atoms with Gasteiger partial charge >= 0.3 is 0 Å². The Kier molecular flexibility index (Phi) is 7.15. The Morgan fingerprint density at radius 3 is 2.36 bits per heavy atom. The first-order valence-electron chi connectivity index (χ1n) is 5.50. The maximum absolute atomic E-state index is 9.10. The van der Waals surface area contributed by atoms with Crippen molar-refractivity contribution in [3.05, 3.63) is 0 Å². The van der Waals surface area contributed by atoms with Crippen molar-refractivity contribution in [2.24, 2.45) is 0 Å². The van der Waals surface area contributed by atoms with E-state index >= 15 is 0 Å². The van der Waals surface area contributed by atoms with Gasteiger partial charge in [0.25, 0.3) is 0 Å². The number of hydrogen-bond donors (Lipinski definition) is 1. The van der Waals surface area contributed by atoms with E-state index in [1.807, 2.05) is 13.8 Å². The van der Waals surface area contributed by atoms with E-state index in [9.17, 15) is 0 Å². The molecule has 2 unspecified atom stereocenters. The van der Waals surface area contributed by atoms with Crippen LogP contribution in [0.25, 0.3) is 0 Å². The lowest BCUT2D eigenvalue weighted by atomic mass is 10.2. The summed E-state index contributed by atoms with van der Waals surface area (Å²) < 4.78 is 11.2. The van der Waals surface area contributed by atoms with Crippen LogP contribution in [0.3, 0.4) is 0 Å². The van der Waals surface area contributed by atoms with E-state index in [2.05, 4.69) is 6.92 Å². The van der Waals surface area contributed by atoms with Crippen LogP contribution >= 0.6 is 0 Å². The number of aliphatic hydroxyl groups is 1. The van der Waals surface area contributed by atoms with E-state index in [4.69, 9.17) is 14.6 Å². The zero-order valence-corrected chi connectivity index (χ0v) is 9.88. The maximum atomic E-state index is 9.10. The fourth-order valence-electron chi connectivity index (χ4n) is 0.975. The van der Waals surface area contributed by atoms with Crippen LogP contribution < -0.4 is 0 Å². The molecular formula is C11H24O3. The first kappa shape index (κ1) is 13.9. The molecule has 0 saturated heterocycles. The molecule has 0 fully saturated rings. The molecule has 0 aromatic carbocycles. The Bertz CT molecular complexity index is 136. The first-order chi connectivity index (χ1) is 6.54. The molecule has 0 amide bonds. The van der Waals surface area contributed by atoms with Crippen LogP contribution in [0.2, 0.25) is 0 Å². The van der Waals surface area contributed by atoms with Crippen molar-refractivity contribution in [3.63, 3.8) is 0 Å². The maximum Gasteiger partial charge on any atom is 0.165 e. The highest BCUT2D eigenvalue weighted by atomic mass is 16.7. The van der Waals surface area contributed by atoms with Gasteiger partial charge in [-0.1, -0.05) is 20.3 Å². The Morgan fingerprint density at radius 1 is 1.29 bits per heavy atom. The Hall–Kier alpha value is -0.120. The fraction of sp³-hybridized carbons (Fsp3) is 1.00. The Morgan fingerprint density at radius 2 is 1.93 bits per heavy atom. The van der Waals surface area contributed by atoms with Gasteiger partial charge in [-0.3, -0.25) is 0 Å². The predicted octanol–water partition coefficient (Wildman–Crippen LogP) is 2.33. The van der Waals surface area contributed by atoms with E-state index < -0.39 is 11.9 Å². The molecule has 0 aliphatic rings. The molecule has 86 valence electrons. The molecule has 0 heterocycles.